The maximum atomic E-state index is 13.9. The van der Waals surface area contributed by atoms with Crippen LogP contribution < -0.4 is 24.3 Å². The number of fused-ring (bicyclic) bond motifs is 1. The molecule has 0 aliphatic carbocycles. The van der Waals surface area contributed by atoms with E-state index in [4.69, 9.17) is 33.2 Å². The number of nitrogens with zero attached hydrogens (tertiary/aromatic N) is 1. The molecule has 1 fully saturated rings. The third-order valence-corrected chi connectivity index (χ3v) is 7.03. The van der Waals surface area contributed by atoms with Crippen molar-refractivity contribution in [3.63, 3.8) is 0 Å². The molecule has 236 valence electrons. The highest BCUT2D eigenvalue weighted by Crippen LogP contribution is 2.39. The Bertz CT molecular complexity index is 1590. The van der Waals surface area contributed by atoms with E-state index in [1.54, 1.807) is 24.3 Å². The first-order chi connectivity index (χ1) is 21.7. The number of rotatable bonds is 12. The van der Waals surface area contributed by atoms with Gasteiger partial charge in [0.05, 0.1) is 17.7 Å². The third-order valence-electron chi connectivity index (χ3n) is 7.03. The maximum absolute atomic E-state index is 13.9. The van der Waals surface area contributed by atoms with Crippen molar-refractivity contribution in [2.75, 3.05) is 47.7 Å². The zero-order valence-electron chi connectivity index (χ0n) is 24.4. The number of ether oxygens (including phenoxy) is 7. The Balaban J connectivity index is 1.42. The normalized spacial score (nSPS) is 16.6. The molecule has 2 heterocycles. The first kappa shape index (κ1) is 31.1. The molecule has 2 N–H and O–H groups in total. The van der Waals surface area contributed by atoms with Crippen LogP contribution in [0.15, 0.2) is 60.7 Å². The van der Waals surface area contributed by atoms with Crippen LogP contribution in [0.3, 0.4) is 0 Å². The minimum absolute atomic E-state index is 0.00926. The summed E-state index contributed by atoms with van der Waals surface area (Å²) >= 11 is 0. The van der Waals surface area contributed by atoms with Crippen LogP contribution in [0.5, 0.6) is 23.0 Å². The van der Waals surface area contributed by atoms with E-state index in [1.807, 2.05) is 0 Å². The van der Waals surface area contributed by atoms with Crippen LogP contribution in [0.4, 0.5) is 4.79 Å². The summed E-state index contributed by atoms with van der Waals surface area (Å²) in [5.74, 6) is -0.837. The van der Waals surface area contributed by atoms with Gasteiger partial charge in [-0.15, -0.1) is 0 Å². The number of likely N-dealkylation sites (tertiary alicyclic amines) is 1. The Hall–Kier alpha value is -5.34. The number of ketones is 1. The summed E-state index contributed by atoms with van der Waals surface area (Å²) in [5, 5.41) is 12.3. The number of carbonyl (C=O) groups is 4. The maximum Gasteiger partial charge on any atom is 0.407 e. The van der Waals surface area contributed by atoms with Gasteiger partial charge in [0.15, 0.2) is 30.9 Å². The topological polar surface area (TPSA) is 168 Å². The highest BCUT2D eigenvalue weighted by molar-refractivity contribution is 6.16. The Morgan fingerprint density at radius 3 is 2.22 bits per heavy atom. The fourth-order valence-electron chi connectivity index (χ4n) is 4.84. The fourth-order valence-corrected chi connectivity index (χ4v) is 4.84. The van der Waals surface area contributed by atoms with Crippen molar-refractivity contribution in [1.29, 1.82) is 0 Å². The van der Waals surface area contributed by atoms with Crippen molar-refractivity contribution in [2.24, 2.45) is 0 Å². The number of amides is 2. The van der Waals surface area contributed by atoms with Gasteiger partial charge in [-0.3, -0.25) is 9.59 Å². The largest absolute Gasteiger partial charge is 0.468 e. The molecule has 0 aromatic heterocycles. The highest BCUT2D eigenvalue weighted by atomic mass is 16.7. The summed E-state index contributed by atoms with van der Waals surface area (Å²) in [4.78, 5) is 53.7. The molecule has 14 nitrogen and oxygen atoms in total. The number of hydrogen-bond acceptors (Lipinski definition) is 11. The summed E-state index contributed by atoms with van der Waals surface area (Å²) in [6, 6.07) is 15.0. The van der Waals surface area contributed by atoms with Crippen molar-refractivity contribution in [3.05, 3.63) is 82.9 Å². The Morgan fingerprint density at radius 1 is 0.889 bits per heavy atom. The predicted octanol–water partition coefficient (Wildman–Crippen LogP) is 3.28. The molecular formula is C31H30N2O12. The zero-order chi connectivity index (χ0) is 32.0. The van der Waals surface area contributed by atoms with Crippen LogP contribution in [0, 0.1) is 0 Å². The average Bonchev–Trinajstić information content (AvgIpc) is 3.69. The molecule has 1 saturated heterocycles. The molecule has 0 spiro atoms. The van der Waals surface area contributed by atoms with Gasteiger partial charge in [0.1, 0.15) is 11.5 Å². The van der Waals surface area contributed by atoms with Crippen molar-refractivity contribution >= 4 is 23.8 Å². The molecule has 1 atom stereocenters. The Labute approximate surface area is 257 Å². The third kappa shape index (κ3) is 6.92. The standard InChI is InChI=1S/C31H30N2O12/c1-39-16-41-20-9-7-19(8-10-20)28(35)32-31(11-12-33(15-31)30(37)38)45-29(36)22-6-4-3-5-21(22)27(34)23-13-25-26(44-18-43-25)14-24(23)42-17-40-2/h3-10,13-14H,11-12,15-18H2,1-2H3,(H,32,35)(H,37,38). The van der Waals surface area contributed by atoms with E-state index in [-0.39, 0.29) is 67.9 Å². The first-order valence-corrected chi connectivity index (χ1v) is 13.7. The number of carboxylic acid groups (broad SMARTS) is 1. The van der Waals surface area contributed by atoms with Gasteiger partial charge in [0.2, 0.25) is 12.5 Å². The molecule has 0 radical (unpaired) electrons. The quantitative estimate of drug-likeness (QED) is 0.172. The summed E-state index contributed by atoms with van der Waals surface area (Å²) in [5.41, 5.74) is -1.56. The second-order valence-electron chi connectivity index (χ2n) is 9.99. The van der Waals surface area contributed by atoms with E-state index < -0.39 is 29.5 Å². The molecule has 0 bridgehead atoms. The predicted molar refractivity (Wildman–Crippen MR) is 154 cm³/mol. The highest BCUT2D eigenvalue weighted by Gasteiger charge is 2.45. The zero-order valence-corrected chi connectivity index (χ0v) is 24.4. The lowest BCUT2D eigenvalue weighted by Gasteiger charge is -2.30. The summed E-state index contributed by atoms with van der Waals surface area (Å²) < 4.78 is 37.5. The van der Waals surface area contributed by atoms with Crippen molar-refractivity contribution in [1.82, 2.24) is 10.2 Å². The molecular weight excluding hydrogens is 592 g/mol. The molecule has 2 aliphatic heterocycles. The minimum Gasteiger partial charge on any atom is -0.468 e. The summed E-state index contributed by atoms with van der Waals surface area (Å²) in [6.45, 7) is -0.510. The second kappa shape index (κ2) is 13.5. The first-order valence-electron chi connectivity index (χ1n) is 13.7. The smallest absolute Gasteiger partial charge is 0.407 e. The molecule has 2 aliphatic rings. The lowest BCUT2D eigenvalue weighted by molar-refractivity contribution is -0.0271. The fraction of sp³-hybridized carbons (Fsp3) is 0.290. The number of esters is 1. The average molecular weight is 623 g/mol. The Morgan fingerprint density at radius 2 is 1.56 bits per heavy atom. The van der Waals surface area contributed by atoms with Crippen LogP contribution in [0.2, 0.25) is 0 Å². The number of hydrogen-bond donors (Lipinski definition) is 2. The van der Waals surface area contributed by atoms with Crippen molar-refractivity contribution in [3.8, 4) is 23.0 Å². The summed E-state index contributed by atoms with van der Waals surface area (Å²) in [7, 11) is 2.90. The minimum atomic E-state index is -1.72. The van der Waals surface area contributed by atoms with E-state index in [2.05, 4.69) is 5.32 Å². The van der Waals surface area contributed by atoms with Crippen molar-refractivity contribution < 1.29 is 57.4 Å². The monoisotopic (exact) mass is 622 g/mol. The van der Waals surface area contributed by atoms with E-state index in [0.717, 1.165) is 4.90 Å². The molecule has 2 amide bonds. The lowest BCUT2D eigenvalue weighted by atomic mass is 9.97. The molecule has 1 unspecified atom stereocenters. The number of nitrogens with one attached hydrogen (secondary N) is 1. The Kier molecular flexibility index (Phi) is 9.35. The SMILES string of the molecule is COCOc1ccc(C(=O)NC2(OC(=O)c3ccccc3C(=O)c3cc4c(cc3OCOC)OCO4)CCN(C(=O)O)C2)cc1. The van der Waals surface area contributed by atoms with Gasteiger partial charge in [0, 0.05) is 44.4 Å². The second-order valence-corrected chi connectivity index (χ2v) is 9.99. The molecule has 45 heavy (non-hydrogen) atoms. The molecule has 3 aromatic carbocycles. The van der Waals surface area contributed by atoms with Gasteiger partial charge in [0.25, 0.3) is 5.91 Å². The van der Waals surface area contributed by atoms with Gasteiger partial charge in [-0.2, -0.15) is 0 Å². The van der Waals surface area contributed by atoms with Gasteiger partial charge in [-0.25, -0.2) is 9.59 Å². The molecule has 3 aromatic rings. The van der Waals surface area contributed by atoms with Crippen molar-refractivity contribution in [2.45, 2.75) is 12.1 Å². The van der Waals surface area contributed by atoms with Crippen LogP contribution in [-0.2, 0) is 14.2 Å². The number of benzene rings is 3. The molecule has 14 heteroatoms. The molecule has 0 saturated carbocycles. The van der Waals surface area contributed by atoms with Gasteiger partial charge >= 0.3 is 12.1 Å². The summed E-state index contributed by atoms with van der Waals surface area (Å²) in [6.07, 6.45) is -1.28. The van der Waals surface area contributed by atoms with Crippen LogP contribution >= 0.6 is 0 Å². The van der Waals surface area contributed by atoms with E-state index >= 15 is 0 Å². The van der Waals surface area contributed by atoms with E-state index in [1.165, 1.54) is 50.6 Å². The molecule has 5 rings (SSSR count). The van der Waals surface area contributed by atoms with Crippen LogP contribution in [-0.4, -0.2) is 87.2 Å². The van der Waals surface area contributed by atoms with Gasteiger partial charge in [-0.1, -0.05) is 18.2 Å². The van der Waals surface area contributed by atoms with Gasteiger partial charge < -0.3 is 48.5 Å². The van der Waals surface area contributed by atoms with Gasteiger partial charge in [-0.05, 0) is 36.4 Å². The lowest BCUT2D eigenvalue weighted by Crippen LogP contribution is -2.54. The number of methoxy groups -OCH3 is 2. The number of carbonyl (C=O) groups excluding carboxylic acids is 3. The van der Waals surface area contributed by atoms with E-state index in [9.17, 15) is 24.3 Å². The van der Waals surface area contributed by atoms with E-state index in [0.29, 0.717) is 17.2 Å². The van der Waals surface area contributed by atoms with Crippen LogP contribution in [0.1, 0.15) is 43.1 Å². The van der Waals surface area contributed by atoms with Crippen LogP contribution in [0.25, 0.3) is 0 Å².